The van der Waals surface area contributed by atoms with E-state index < -0.39 is 9.85 Å². The fourth-order valence-electron chi connectivity index (χ4n) is 3.37. The van der Waals surface area contributed by atoms with Gasteiger partial charge in [0.1, 0.15) is 0 Å². The summed E-state index contributed by atoms with van der Waals surface area (Å²) in [7, 11) is 0. The molecule has 1 fully saturated rings. The number of hydrogen-bond donors (Lipinski definition) is 2. The average Bonchev–Trinajstić information content (AvgIpc) is 2.68. The summed E-state index contributed by atoms with van der Waals surface area (Å²) in [5, 5.41) is 38.0. The highest BCUT2D eigenvalue weighted by molar-refractivity contribution is 5.88. The summed E-state index contributed by atoms with van der Waals surface area (Å²) in [5.41, 5.74) is 2.28. The molecule has 3 rings (SSSR count). The fourth-order valence-corrected chi connectivity index (χ4v) is 3.37. The van der Waals surface area contributed by atoms with Crippen LogP contribution >= 0.6 is 12.4 Å². The molecule has 2 aromatic rings. The van der Waals surface area contributed by atoms with Crippen LogP contribution in [0.3, 0.4) is 0 Å². The Kier molecular flexibility index (Phi) is 6.66. The van der Waals surface area contributed by atoms with Crippen molar-refractivity contribution in [3.8, 4) is 0 Å². The van der Waals surface area contributed by atoms with E-state index in [1.807, 2.05) is 6.92 Å². The van der Waals surface area contributed by atoms with Crippen LogP contribution in [-0.4, -0.2) is 20.8 Å². The molecule has 1 saturated heterocycles. The maximum atomic E-state index is 10.9. The van der Waals surface area contributed by atoms with Gasteiger partial charge in [0.2, 0.25) is 0 Å². The zero-order valence-electron chi connectivity index (χ0n) is 14.9. The first-order valence-corrected chi connectivity index (χ1v) is 8.36. The molecule has 1 aliphatic rings. The van der Waals surface area contributed by atoms with Crippen LogP contribution in [0.2, 0.25) is 0 Å². The van der Waals surface area contributed by atoms with Crippen LogP contribution in [0.1, 0.15) is 36.6 Å². The molecule has 2 N–H and O–H groups in total. The number of nitrogens with one attached hydrogen (secondary N) is 1. The summed E-state index contributed by atoms with van der Waals surface area (Å²) >= 11 is 0. The van der Waals surface area contributed by atoms with Gasteiger partial charge in [0, 0.05) is 48.7 Å². The Balaban J connectivity index is 0.00000280. The number of non-ortho nitro benzene ring substituents is 2. The summed E-state index contributed by atoms with van der Waals surface area (Å²) in [5.74, 6) is -0.120. The summed E-state index contributed by atoms with van der Waals surface area (Å²) in [4.78, 5) is 20.8. The van der Waals surface area contributed by atoms with Gasteiger partial charge < -0.3 is 10.5 Å². The minimum absolute atomic E-state index is 0. The Labute approximate surface area is 166 Å². The molecule has 28 heavy (non-hydrogen) atoms. The molecule has 10 heteroatoms. The Morgan fingerprint density at radius 3 is 1.86 bits per heavy atom. The number of benzene rings is 2. The molecule has 3 atom stereocenters. The van der Waals surface area contributed by atoms with E-state index in [1.165, 1.54) is 24.3 Å². The highest BCUT2D eigenvalue weighted by atomic mass is 35.5. The summed E-state index contributed by atoms with van der Waals surface area (Å²) in [6, 6.07) is 12.0. The van der Waals surface area contributed by atoms with Crippen molar-refractivity contribution in [1.82, 2.24) is 5.32 Å². The fraction of sp³-hybridized carbons (Fsp3) is 0.278. The van der Waals surface area contributed by atoms with Gasteiger partial charge >= 0.3 is 0 Å². The SMILES string of the molecule is CC1C(=NO)CC(c2ccc([N+](=O)[O-])cc2)NC1c1ccc([N+](=O)[O-])cc1.Cl. The Morgan fingerprint density at radius 2 is 1.43 bits per heavy atom. The Morgan fingerprint density at radius 1 is 0.964 bits per heavy atom. The smallest absolute Gasteiger partial charge is 0.269 e. The molecule has 3 unspecified atom stereocenters. The predicted octanol–water partition coefficient (Wildman–Crippen LogP) is 4.17. The Bertz CT molecular complexity index is 886. The molecule has 0 aliphatic carbocycles. The highest BCUT2D eigenvalue weighted by Crippen LogP contribution is 2.36. The lowest BCUT2D eigenvalue weighted by atomic mass is 9.81. The van der Waals surface area contributed by atoms with E-state index in [1.54, 1.807) is 24.3 Å². The van der Waals surface area contributed by atoms with Gasteiger partial charge in [0.15, 0.2) is 0 Å². The van der Waals surface area contributed by atoms with Crippen LogP contribution in [0.5, 0.6) is 0 Å². The zero-order valence-corrected chi connectivity index (χ0v) is 15.7. The molecule has 0 amide bonds. The van der Waals surface area contributed by atoms with E-state index in [9.17, 15) is 25.4 Å². The quantitative estimate of drug-likeness (QED) is 0.445. The van der Waals surface area contributed by atoms with Crippen LogP contribution in [0.15, 0.2) is 53.7 Å². The summed E-state index contributed by atoms with van der Waals surface area (Å²) in [6.45, 7) is 1.92. The number of oxime groups is 1. The number of hydrogen-bond acceptors (Lipinski definition) is 7. The molecular formula is C18H19ClN4O5. The van der Waals surface area contributed by atoms with Gasteiger partial charge in [-0.05, 0) is 11.1 Å². The van der Waals surface area contributed by atoms with Crippen molar-refractivity contribution in [2.24, 2.45) is 11.1 Å². The van der Waals surface area contributed by atoms with Gasteiger partial charge in [0.05, 0.1) is 15.6 Å². The number of halogens is 1. The van der Waals surface area contributed by atoms with Crippen LogP contribution in [0.4, 0.5) is 11.4 Å². The van der Waals surface area contributed by atoms with Crippen LogP contribution in [-0.2, 0) is 0 Å². The van der Waals surface area contributed by atoms with Gasteiger partial charge in [-0.3, -0.25) is 20.2 Å². The summed E-state index contributed by atoms with van der Waals surface area (Å²) < 4.78 is 0. The second-order valence-corrected chi connectivity index (χ2v) is 6.48. The van der Waals surface area contributed by atoms with Crippen molar-refractivity contribution in [2.45, 2.75) is 25.4 Å². The molecule has 1 heterocycles. The van der Waals surface area contributed by atoms with Crippen molar-refractivity contribution < 1.29 is 15.1 Å². The second-order valence-electron chi connectivity index (χ2n) is 6.48. The predicted molar refractivity (Wildman–Crippen MR) is 105 cm³/mol. The highest BCUT2D eigenvalue weighted by Gasteiger charge is 2.34. The van der Waals surface area contributed by atoms with Crippen molar-refractivity contribution in [3.63, 3.8) is 0 Å². The maximum Gasteiger partial charge on any atom is 0.269 e. The largest absolute Gasteiger partial charge is 0.411 e. The van der Waals surface area contributed by atoms with Gasteiger partial charge in [-0.2, -0.15) is 0 Å². The van der Waals surface area contributed by atoms with Crippen LogP contribution in [0, 0.1) is 26.1 Å². The zero-order chi connectivity index (χ0) is 19.6. The van der Waals surface area contributed by atoms with E-state index in [0.717, 1.165) is 11.1 Å². The minimum Gasteiger partial charge on any atom is -0.411 e. The van der Waals surface area contributed by atoms with E-state index in [0.29, 0.717) is 12.1 Å². The van der Waals surface area contributed by atoms with E-state index in [4.69, 9.17) is 0 Å². The molecule has 0 spiro atoms. The lowest BCUT2D eigenvalue weighted by Gasteiger charge is -2.37. The molecule has 0 bridgehead atoms. The van der Waals surface area contributed by atoms with Crippen molar-refractivity contribution in [1.29, 1.82) is 0 Å². The van der Waals surface area contributed by atoms with Crippen molar-refractivity contribution >= 4 is 29.5 Å². The first-order valence-electron chi connectivity index (χ1n) is 8.36. The normalized spacial score (nSPS) is 23.0. The Hall–Kier alpha value is -3.04. The van der Waals surface area contributed by atoms with E-state index in [-0.39, 0.29) is 41.8 Å². The van der Waals surface area contributed by atoms with Gasteiger partial charge in [-0.25, -0.2) is 0 Å². The van der Waals surface area contributed by atoms with E-state index in [2.05, 4.69) is 10.5 Å². The van der Waals surface area contributed by atoms with Crippen LogP contribution in [0.25, 0.3) is 0 Å². The van der Waals surface area contributed by atoms with E-state index >= 15 is 0 Å². The van der Waals surface area contributed by atoms with Crippen molar-refractivity contribution in [2.75, 3.05) is 0 Å². The molecule has 1 aliphatic heterocycles. The molecule has 148 valence electrons. The number of nitro benzene ring substituents is 2. The first kappa shape index (κ1) is 21.3. The number of rotatable bonds is 4. The average molecular weight is 407 g/mol. The van der Waals surface area contributed by atoms with Gasteiger partial charge in [-0.1, -0.05) is 36.3 Å². The third-order valence-electron chi connectivity index (χ3n) is 4.92. The molecule has 0 aromatic heterocycles. The molecular weight excluding hydrogens is 388 g/mol. The standard InChI is InChI=1S/C18H18N4O5.ClH/c1-11-16(20-23)10-17(12-2-6-14(7-3-12)21(24)25)19-18(11)13-4-8-15(9-5-13)22(26)27;/h2-9,11,17-19,23H,10H2,1H3;1H. The van der Waals surface area contributed by atoms with Gasteiger partial charge in [-0.15, -0.1) is 12.4 Å². The maximum absolute atomic E-state index is 10.9. The molecule has 9 nitrogen and oxygen atoms in total. The topological polar surface area (TPSA) is 131 Å². The van der Waals surface area contributed by atoms with Crippen LogP contribution < -0.4 is 5.32 Å². The number of nitrogens with zero attached hydrogens (tertiary/aromatic N) is 3. The lowest BCUT2D eigenvalue weighted by Crippen LogP contribution is -2.41. The monoisotopic (exact) mass is 406 g/mol. The number of piperidine rings is 1. The minimum atomic E-state index is -0.458. The summed E-state index contributed by atoms with van der Waals surface area (Å²) in [6.07, 6.45) is 0.457. The van der Waals surface area contributed by atoms with Gasteiger partial charge in [0.25, 0.3) is 11.4 Å². The molecule has 0 saturated carbocycles. The third-order valence-corrected chi connectivity index (χ3v) is 4.92. The van der Waals surface area contributed by atoms with Crippen molar-refractivity contribution in [3.05, 3.63) is 79.9 Å². The molecule has 0 radical (unpaired) electrons. The second kappa shape index (κ2) is 8.77. The first-order chi connectivity index (χ1) is 12.9. The molecule has 2 aromatic carbocycles. The third kappa shape index (κ3) is 4.26. The number of nitro groups is 2. The lowest BCUT2D eigenvalue weighted by molar-refractivity contribution is -0.385.